The quantitative estimate of drug-likeness (QED) is 0.602. The molecule has 0 radical (unpaired) electrons. The Morgan fingerprint density at radius 3 is 2.38 bits per heavy atom. The summed E-state index contributed by atoms with van der Waals surface area (Å²) >= 11 is 0. The van der Waals surface area contributed by atoms with Gasteiger partial charge in [0.05, 0.1) is 0 Å². The van der Waals surface area contributed by atoms with Gasteiger partial charge in [0.25, 0.3) is 0 Å². The summed E-state index contributed by atoms with van der Waals surface area (Å²) in [4.78, 5) is 22.4. The molecule has 0 aliphatic heterocycles. The van der Waals surface area contributed by atoms with Crippen molar-refractivity contribution in [3.8, 4) is 0 Å². The molecule has 2 amide bonds. The molecule has 0 aromatic heterocycles. The molecule has 0 aromatic carbocycles. The first-order valence-corrected chi connectivity index (χ1v) is 8.38. The van der Waals surface area contributed by atoms with Gasteiger partial charge in [0.15, 0.2) is 0 Å². The minimum Gasteiger partial charge on any atom is -0.481 e. The Kier molecular flexibility index (Phi) is 8.87. The molecule has 1 rings (SSSR count). The fraction of sp³-hybridized carbons (Fsp3) is 0.875. The maximum atomic E-state index is 11.8. The average molecular weight is 298 g/mol. The van der Waals surface area contributed by atoms with Gasteiger partial charge in [0.1, 0.15) is 0 Å². The van der Waals surface area contributed by atoms with Crippen molar-refractivity contribution in [2.24, 2.45) is 5.92 Å². The lowest BCUT2D eigenvalue weighted by Crippen LogP contribution is -2.42. The van der Waals surface area contributed by atoms with Crippen molar-refractivity contribution in [1.29, 1.82) is 0 Å². The minimum absolute atomic E-state index is 0.0741. The van der Waals surface area contributed by atoms with E-state index in [0.29, 0.717) is 24.9 Å². The van der Waals surface area contributed by atoms with E-state index in [2.05, 4.69) is 17.6 Å². The van der Waals surface area contributed by atoms with Gasteiger partial charge in [0.2, 0.25) is 0 Å². The number of carboxylic acids is 1. The normalized spacial score (nSPS) is 17.8. The van der Waals surface area contributed by atoms with E-state index in [1.807, 2.05) is 0 Å². The molecule has 0 spiro atoms. The first-order valence-electron chi connectivity index (χ1n) is 8.38. The van der Waals surface area contributed by atoms with E-state index < -0.39 is 5.97 Å². The Balaban J connectivity index is 2.14. The molecule has 1 fully saturated rings. The van der Waals surface area contributed by atoms with Gasteiger partial charge in [-0.15, -0.1) is 0 Å². The SMILES string of the molecule is CCC(CCNC(=O)NC1CCCCCC1)CCC(=O)O. The lowest BCUT2D eigenvalue weighted by molar-refractivity contribution is -0.137. The summed E-state index contributed by atoms with van der Waals surface area (Å²) in [5.74, 6) is -0.369. The number of urea groups is 1. The molecule has 21 heavy (non-hydrogen) atoms. The van der Waals surface area contributed by atoms with Crippen molar-refractivity contribution in [3.63, 3.8) is 0 Å². The van der Waals surface area contributed by atoms with E-state index in [4.69, 9.17) is 5.11 Å². The monoisotopic (exact) mass is 298 g/mol. The van der Waals surface area contributed by atoms with Crippen molar-refractivity contribution < 1.29 is 14.7 Å². The first-order chi connectivity index (χ1) is 10.1. The van der Waals surface area contributed by atoms with Gasteiger partial charge in [-0.05, 0) is 31.6 Å². The van der Waals surface area contributed by atoms with Crippen LogP contribution in [-0.4, -0.2) is 29.7 Å². The third-order valence-electron chi connectivity index (χ3n) is 4.37. The first kappa shape index (κ1) is 17.8. The van der Waals surface area contributed by atoms with Crippen molar-refractivity contribution >= 4 is 12.0 Å². The Labute approximate surface area is 127 Å². The summed E-state index contributed by atoms with van der Waals surface area (Å²) < 4.78 is 0. The second kappa shape index (κ2) is 10.5. The number of nitrogens with one attached hydrogen (secondary N) is 2. The number of aliphatic carboxylic acids is 1. The largest absolute Gasteiger partial charge is 0.481 e. The summed E-state index contributed by atoms with van der Waals surface area (Å²) in [6, 6.07) is 0.247. The molecule has 1 aliphatic carbocycles. The van der Waals surface area contributed by atoms with Crippen LogP contribution in [0.4, 0.5) is 4.79 Å². The number of hydrogen-bond donors (Lipinski definition) is 3. The second-order valence-electron chi connectivity index (χ2n) is 6.08. The Hall–Kier alpha value is -1.26. The van der Waals surface area contributed by atoms with Crippen LogP contribution in [0.5, 0.6) is 0 Å². The molecule has 1 atom stereocenters. The van der Waals surface area contributed by atoms with Crippen LogP contribution in [-0.2, 0) is 4.79 Å². The van der Waals surface area contributed by atoms with Crippen molar-refractivity contribution in [1.82, 2.24) is 10.6 Å². The predicted octanol–water partition coefficient (Wildman–Crippen LogP) is 3.29. The van der Waals surface area contributed by atoms with Gasteiger partial charge < -0.3 is 15.7 Å². The molecule has 5 heteroatoms. The molecule has 5 nitrogen and oxygen atoms in total. The van der Waals surface area contributed by atoms with Crippen LogP contribution in [0.15, 0.2) is 0 Å². The summed E-state index contributed by atoms with van der Waals surface area (Å²) in [6.45, 7) is 2.69. The average Bonchev–Trinajstić information content (AvgIpc) is 2.71. The standard InChI is InChI=1S/C16H30N2O3/c1-2-13(9-10-15(19)20)11-12-17-16(21)18-14-7-5-3-4-6-8-14/h13-14H,2-12H2,1H3,(H,19,20)(H2,17,18,21). The summed E-state index contributed by atoms with van der Waals surface area (Å²) in [5, 5.41) is 14.7. The fourth-order valence-electron chi connectivity index (χ4n) is 2.93. The minimum atomic E-state index is -0.743. The molecular weight excluding hydrogens is 268 g/mol. The van der Waals surface area contributed by atoms with E-state index in [-0.39, 0.29) is 12.5 Å². The third-order valence-corrected chi connectivity index (χ3v) is 4.37. The van der Waals surface area contributed by atoms with Gasteiger partial charge in [0, 0.05) is 19.0 Å². The highest BCUT2D eigenvalue weighted by atomic mass is 16.4. The number of amides is 2. The van der Waals surface area contributed by atoms with E-state index in [1.54, 1.807) is 0 Å². The molecule has 0 saturated heterocycles. The lowest BCUT2D eigenvalue weighted by atomic mass is 9.97. The summed E-state index contributed by atoms with van der Waals surface area (Å²) in [7, 11) is 0. The van der Waals surface area contributed by atoms with Crippen molar-refractivity contribution in [2.45, 2.75) is 77.2 Å². The van der Waals surface area contributed by atoms with Crippen molar-refractivity contribution in [3.05, 3.63) is 0 Å². The van der Waals surface area contributed by atoms with Gasteiger partial charge >= 0.3 is 12.0 Å². The van der Waals surface area contributed by atoms with Gasteiger partial charge in [-0.25, -0.2) is 4.79 Å². The highest BCUT2D eigenvalue weighted by Crippen LogP contribution is 2.17. The summed E-state index contributed by atoms with van der Waals surface area (Å²) in [5.41, 5.74) is 0. The summed E-state index contributed by atoms with van der Waals surface area (Å²) in [6.07, 6.45) is 9.86. The van der Waals surface area contributed by atoms with Gasteiger partial charge in [-0.3, -0.25) is 4.79 Å². The molecule has 1 saturated carbocycles. The maximum Gasteiger partial charge on any atom is 0.315 e. The molecule has 3 N–H and O–H groups in total. The number of rotatable bonds is 8. The molecule has 0 aromatic rings. The van der Waals surface area contributed by atoms with E-state index in [9.17, 15) is 9.59 Å². The van der Waals surface area contributed by atoms with Crippen molar-refractivity contribution in [2.75, 3.05) is 6.54 Å². The van der Waals surface area contributed by atoms with Crippen LogP contribution in [0, 0.1) is 5.92 Å². The number of carboxylic acid groups (broad SMARTS) is 1. The molecule has 1 unspecified atom stereocenters. The Morgan fingerprint density at radius 2 is 1.81 bits per heavy atom. The Morgan fingerprint density at radius 1 is 1.14 bits per heavy atom. The highest BCUT2D eigenvalue weighted by Gasteiger charge is 2.15. The number of carbonyl (C=O) groups excluding carboxylic acids is 1. The molecule has 122 valence electrons. The molecular formula is C16H30N2O3. The highest BCUT2D eigenvalue weighted by molar-refractivity contribution is 5.74. The maximum absolute atomic E-state index is 11.8. The van der Waals surface area contributed by atoms with Gasteiger partial charge in [-0.2, -0.15) is 0 Å². The van der Waals surface area contributed by atoms with Gasteiger partial charge in [-0.1, -0.05) is 39.0 Å². The lowest BCUT2D eigenvalue weighted by Gasteiger charge is -2.18. The Bertz CT molecular complexity index is 313. The molecule has 1 aliphatic rings. The van der Waals surface area contributed by atoms with Crippen LogP contribution in [0.2, 0.25) is 0 Å². The zero-order chi connectivity index (χ0) is 15.5. The topological polar surface area (TPSA) is 78.4 Å². The van der Waals surface area contributed by atoms with E-state index in [1.165, 1.54) is 25.7 Å². The predicted molar refractivity (Wildman–Crippen MR) is 83.3 cm³/mol. The van der Waals surface area contributed by atoms with E-state index >= 15 is 0 Å². The van der Waals surface area contributed by atoms with E-state index in [0.717, 1.165) is 25.7 Å². The number of carbonyl (C=O) groups is 2. The van der Waals surface area contributed by atoms with Crippen LogP contribution in [0.3, 0.4) is 0 Å². The molecule has 0 heterocycles. The van der Waals surface area contributed by atoms with Crippen LogP contribution >= 0.6 is 0 Å². The second-order valence-corrected chi connectivity index (χ2v) is 6.08. The zero-order valence-corrected chi connectivity index (χ0v) is 13.2. The van der Waals surface area contributed by atoms with Crippen LogP contribution < -0.4 is 10.6 Å². The van der Waals surface area contributed by atoms with Crippen LogP contribution in [0.1, 0.15) is 71.1 Å². The fourth-order valence-corrected chi connectivity index (χ4v) is 2.93. The van der Waals surface area contributed by atoms with Crippen LogP contribution in [0.25, 0.3) is 0 Å². The smallest absolute Gasteiger partial charge is 0.315 e. The third kappa shape index (κ3) is 8.58. The zero-order valence-electron chi connectivity index (χ0n) is 13.2. The molecule has 0 bridgehead atoms. The number of hydrogen-bond acceptors (Lipinski definition) is 2.